The van der Waals surface area contributed by atoms with Gasteiger partial charge in [-0.15, -0.1) is 0 Å². The average Bonchev–Trinajstić information content (AvgIpc) is 2.26. The number of nitrogen functional groups attached to an aromatic ring is 1. The van der Waals surface area contributed by atoms with Crippen LogP contribution in [0.4, 0.5) is 4.39 Å². The highest BCUT2D eigenvalue weighted by Crippen LogP contribution is 2.29. The molecule has 0 saturated carbocycles. The largest absolute Gasteiger partial charge is 0.384 e. The summed E-state index contributed by atoms with van der Waals surface area (Å²) in [5, 5.41) is 7.41. The molecule has 0 aromatic heterocycles. The first-order chi connectivity index (χ1) is 8.85. The highest BCUT2D eigenvalue weighted by molar-refractivity contribution is 5.95. The summed E-state index contributed by atoms with van der Waals surface area (Å²) in [5.74, 6) is -0.404. The molecule has 1 aromatic carbocycles. The van der Waals surface area contributed by atoms with Gasteiger partial charge in [0.1, 0.15) is 11.7 Å². The van der Waals surface area contributed by atoms with Crippen molar-refractivity contribution in [1.82, 2.24) is 4.90 Å². The molecule has 0 amide bonds. The Labute approximate surface area is 114 Å². The summed E-state index contributed by atoms with van der Waals surface area (Å²) in [6.45, 7) is 7.34. The molecule has 3 nitrogen and oxygen atoms in total. The molecule has 0 radical (unpaired) electrons. The number of piperidine rings is 1. The number of benzene rings is 1. The van der Waals surface area contributed by atoms with E-state index in [0.717, 1.165) is 25.2 Å². The Hall–Kier alpha value is -1.42. The fourth-order valence-corrected chi connectivity index (χ4v) is 2.84. The van der Waals surface area contributed by atoms with Crippen molar-refractivity contribution in [2.75, 3.05) is 13.1 Å². The van der Waals surface area contributed by atoms with Crippen LogP contribution >= 0.6 is 0 Å². The maximum absolute atomic E-state index is 13.5. The number of rotatable bonds is 3. The van der Waals surface area contributed by atoms with Crippen LogP contribution in [0.15, 0.2) is 18.2 Å². The Morgan fingerprint density at radius 3 is 2.79 bits per heavy atom. The predicted octanol–water partition coefficient (Wildman–Crippen LogP) is 2.73. The topological polar surface area (TPSA) is 53.1 Å². The predicted molar refractivity (Wildman–Crippen MR) is 75.7 cm³/mol. The van der Waals surface area contributed by atoms with Crippen LogP contribution in [0, 0.1) is 16.6 Å². The Kier molecular flexibility index (Phi) is 3.90. The third-order valence-corrected chi connectivity index (χ3v) is 3.65. The highest BCUT2D eigenvalue weighted by Gasteiger charge is 2.26. The molecular formula is C15H22FN3. The highest BCUT2D eigenvalue weighted by atomic mass is 19.1. The summed E-state index contributed by atoms with van der Waals surface area (Å²) in [6.07, 6.45) is 2.42. The maximum Gasteiger partial charge on any atom is 0.124 e. The molecule has 0 aliphatic carbocycles. The van der Waals surface area contributed by atoms with Crippen LogP contribution < -0.4 is 5.73 Å². The van der Waals surface area contributed by atoms with E-state index >= 15 is 0 Å². The molecule has 1 heterocycles. The minimum atomic E-state index is -0.320. The van der Waals surface area contributed by atoms with Crippen molar-refractivity contribution in [3.05, 3.63) is 35.1 Å². The lowest BCUT2D eigenvalue weighted by molar-refractivity contribution is 0.111. The molecule has 1 aromatic rings. The second-order valence-corrected chi connectivity index (χ2v) is 6.24. The fourth-order valence-electron chi connectivity index (χ4n) is 2.84. The average molecular weight is 263 g/mol. The van der Waals surface area contributed by atoms with Crippen molar-refractivity contribution in [2.24, 2.45) is 11.1 Å². The van der Waals surface area contributed by atoms with Crippen LogP contribution in [-0.4, -0.2) is 23.8 Å². The van der Waals surface area contributed by atoms with Gasteiger partial charge in [-0.05, 0) is 48.6 Å². The SMILES string of the molecule is CC1(C)CCCN(Cc2cc(F)cc(C(=N)N)c2)C1. The van der Waals surface area contributed by atoms with E-state index in [1.54, 1.807) is 0 Å². The number of likely N-dealkylation sites (tertiary alicyclic amines) is 1. The molecule has 1 aliphatic heterocycles. The van der Waals surface area contributed by atoms with E-state index in [4.69, 9.17) is 11.1 Å². The number of amidine groups is 1. The Morgan fingerprint density at radius 1 is 1.42 bits per heavy atom. The molecule has 1 fully saturated rings. The van der Waals surface area contributed by atoms with E-state index in [9.17, 15) is 4.39 Å². The van der Waals surface area contributed by atoms with E-state index in [1.807, 2.05) is 6.07 Å². The van der Waals surface area contributed by atoms with Crippen molar-refractivity contribution in [2.45, 2.75) is 33.2 Å². The van der Waals surface area contributed by atoms with Crippen LogP contribution in [0.25, 0.3) is 0 Å². The van der Waals surface area contributed by atoms with Crippen molar-refractivity contribution in [3.63, 3.8) is 0 Å². The van der Waals surface area contributed by atoms with Gasteiger partial charge in [-0.3, -0.25) is 10.3 Å². The van der Waals surface area contributed by atoms with Crippen molar-refractivity contribution in [1.29, 1.82) is 5.41 Å². The van der Waals surface area contributed by atoms with Crippen molar-refractivity contribution >= 4 is 5.84 Å². The minimum absolute atomic E-state index is 0.0836. The molecule has 3 N–H and O–H groups in total. The first-order valence-corrected chi connectivity index (χ1v) is 6.72. The first-order valence-electron chi connectivity index (χ1n) is 6.72. The lowest BCUT2D eigenvalue weighted by Crippen LogP contribution is -2.39. The molecule has 0 bridgehead atoms. The molecule has 0 unspecified atom stereocenters. The zero-order valence-electron chi connectivity index (χ0n) is 11.7. The quantitative estimate of drug-likeness (QED) is 0.651. The van der Waals surface area contributed by atoms with E-state index in [-0.39, 0.29) is 11.7 Å². The van der Waals surface area contributed by atoms with Gasteiger partial charge in [0.05, 0.1) is 0 Å². The lowest BCUT2D eigenvalue weighted by Gasteiger charge is -2.38. The Morgan fingerprint density at radius 2 is 2.16 bits per heavy atom. The summed E-state index contributed by atoms with van der Waals surface area (Å²) in [7, 11) is 0. The Balaban J connectivity index is 2.12. The molecule has 0 spiro atoms. The third-order valence-electron chi connectivity index (χ3n) is 3.65. The lowest BCUT2D eigenvalue weighted by atomic mass is 9.84. The van der Waals surface area contributed by atoms with E-state index in [2.05, 4.69) is 18.7 Å². The van der Waals surface area contributed by atoms with Crippen LogP contribution in [0.2, 0.25) is 0 Å². The van der Waals surface area contributed by atoms with E-state index in [0.29, 0.717) is 11.0 Å². The molecule has 1 saturated heterocycles. The number of hydrogen-bond donors (Lipinski definition) is 2. The second kappa shape index (κ2) is 5.29. The third kappa shape index (κ3) is 3.77. The number of nitrogens with two attached hydrogens (primary N) is 1. The number of halogens is 1. The molecule has 1 aliphatic rings. The standard InChI is InChI=1S/C15H22FN3/c1-15(2)4-3-5-19(10-15)9-11-6-12(14(17)18)8-13(16)7-11/h6-8H,3-5,9-10H2,1-2H3,(H3,17,18). The molecule has 2 rings (SSSR count). The summed E-state index contributed by atoms with van der Waals surface area (Å²) in [5.41, 5.74) is 7.11. The summed E-state index contributed by atoms with van der Waals surface area (Å²) in [4.78, 5) is 2.35. The van der Waals surface area contributed by atoms with Crippen LogP contribution in [0.5, 0.6) is 0 Å². The van der Waals surface area contributed by atoms with Gasteiger partial charge in [-0.2, -0.15) is 0 Å². The zero-order chi connectivity index (χ0) is 14.0. The second-order valence-electron chi connectivity index (χ2n) is 6.24. The minimum Gasteiger partial charge on any atom is -0.384 e. The van der Waals surface area contributed by atoms with E-state index in [1.165, 1.54) is 25.0 Å². The smallest absolute Gasteiger partial charge is 0.124 e. The molecule has 19 heavy (non-hydrogen) atoms. The van der Waals surface area contributed by atoms with Gasteiger partial charge in [-0.25, -0.2) is 4.39 Å². The number of nitrogens with zero attached hydrogens (tertiary/aromatic N) is 1. The van der Waals surface area contributed by atoms with Gasteiger partial charge in [-0.1, -0.05) is 13.8 Å². The normalized spacial score (nSPS) is 19.3. The summed E-state index contributed by atoms with van der Waals surface area (Å²) >= 11 is 0. The van der Waals surface area contributed by atoms with Gasteiger partial charge < -0.3 is 5.73 Å². The fraction of sp³-hybridized carbons (Fsp3) is 0.533. The van der Waals surface area contributed by atoms with Crippen LogP contribution in [0.3, 0.4) is 0 Å². The molecular weight excluding hydrogens is 241 g/mol. The van der Waals surface area contributed by atoms with Crippen LogP contribution in [-0.2, 0) is 6.54 Å². The maximum atomic E-state index is 13.5. The Bertz CT molecular complexity index is 482. The van der Waals surface area contributed by atoms with Gasteiger partial charge >= 0.3 is 0 Å². The van der Waals surface area contributed by atoms with Crippen molar-refractivity contribution in [3.8, 4) is 0 Å². The van der Waals surface area contributed by atoms with E-state index < -0.39 is 0 Å². The van der Waals surface area contributed by atoms with Gasteiger partial charge in [0.25, 0.3) is 0 Å². The number of hydrogen-bond acceptors (Lipinski definition) is 2. The zero-order valence-corrected chi connectivity index (χ0v) is 11.7. The summed E-state index contributed by atoms with van der Waals surface area (Å²) in [6, 6.07) is 4.66. The first kappa shape index (κ1) is 14.0. The number of nitrogens with one attached hydrogen (secondary N) is 1. The van der Waals surface area contributed by atoms with Gasteiger partial charge in [0, 0.05) is 18.7 Å². The monoisotopic (exact) mass is 263 g/mol. The van der Waals surface area contributed by atoms with Gasteiger partial charge in [0.2, 0.25) is 0 Å². The molecule has 4 heteroatoms. The molecule has 0 atom stereocenters. The molecule has 104 valence electrons. The van der Waals surface area contributed by atoms with Crippen molar-refractivity contribution < 1.29 is 4.39 Å². The summed E-state index contributed by atoms with van der Waals surface area (Å²) < 4.78 is 13.5. The van der Waals surface area contributed by atoms with Gasteiger partial charge in [0.15, 0.2) is 0 Å². The van der Waals surface area contributed by atoms with Crippen LogP contribution in [0.1, 0.15) is 37.8 Å².